The first-order chi connectivity index (χ1) is 15.5. The average molecular weight is 459 g/mol. The molecule has 1 unspecified atom stereocenters. The second-order valence-corrected chi connectivity index (χ2v) is 7.78. The van der Waals surface area contributed by atoms with Gasteiger partial charge in [-0.25, -0.2) is 0 Å². The van der Waals surface area contributed by atoms with E-state index in [1.54, 1.807) is 6.08 Å². The molecule has 0 aromatic heterocycles. The Labute approximate surface area is 188 Å². The van der Waals surface area contributed by atoms with E-state index in [2.05, 4.69) is 17.2 Å². The van der Waals surface area contributed by atoms with E-state index >= 15 is 0 Å². The molecule has 3 N–H and O–H groups in total. The molecule has 1 fully saturated rings. The van der Waals surface area contributed by atoms with Gasteiger partial charge in [0.2, 0.25) is 11.8 Å². The van der Waals surface area contributed by atoms with E-state index in [1.165, 1.54) is 36.1 Å². The molecule has 1 saturated heterocycles. The summed E-state index contributed by atoms with van der Waals surface area (Å²) in [5.74, 6) is -7.05. The van der Waals surface area contributed by atoms with Crippen molar-refractivity contribution in [2.24, 2.45) is 0 Å². The van der Waals surface area contributed by atoms with E-state index in [0.29, 0.717) is 0 Å². The first kappa shape index (κ1) is 23.8. The number of rotatable bonds is 7. The lowest BCUT2D eigenvalue weighted by atomic mass is 10.0. The van der Waals surface area contributed by atoms with Crippen molar-refractivity contribution in [3.05, 3.63) is 65.3 Å². The summed E-state index contributed by atoms with van der Waals surface area (Å²) in [7, 11) is 0. The summed E-state index contributed by atoms with van der Waals surface area (Å²) in [5, 5.41) is 13.9. The number of hydrogen-bond donors (Lipinski definition) is 3. The van der Waals surface area contributed by atoms with Gasteiger partial charge in [-0.3, -0.25) is 24.5 Å². The van der Waals surface area contributed by atoms with Gasteiger partial charge in [0.05, 0.1) is 0 Å². The maximum Gasteiger partial charge on any atom is 0.350 e. The number of alkyl halides is 2. The summed E-state index contributed by atoms with van der Waals surface area (Å²) < 4.78 is 29.0. The lowest BCUT2D eigenvalue weighted by Gasteiger charge is -2.29. The van der Waals surface area contributed by atoms with Crippen LogP contribution >= 0.6 is 0 Å². The molecular weight excluding hydrogens is 436 g/mol. The Morgan fingerprint density at radius 2 is 2.09 bits per heavy atom. The van der Waals surface area contributed by atoms with Crippen molar-refractivity contribution in [3.8, 4) is 5.75 Å². The number of imide groups is 1. The van der Waals surface area contributed by atoms with Crippen molar-refractivity contribution in [1.82, 2.24) is 15.5 Å². The molecule has 1 aromatic rings. The predicted octanol–water partition coefficient (Wildman–Crippen LogP) is 1.59. The van der Waals surface area contributed by atoms with E-state index in [9.17, 15) is 33.1 Å². The summed E-state index contributed by atoms with van der Waals surface area (Å²) in [6.45, 7) is 4.89. The molecule has 0 spiro atoms. The number of halogens is 2. The van der Waals surface area contributed by atoms with Crippen molar-refractivity contribution in [2.75, 3.05) is 13.1 Å². The highest BCUT2D eigenvalue weighted by Gasteiger charge is 2.42. The van der Waals surface area contributed by atoms with E-state index in [-0.39, 0.29) is 54.3 Å². The average Bonchev–Trinajstić information content (AvgIpc) is 3.12. The molecule has 4 amide bonds. The third-order valence-electron chi connectivity index (χ3n) is 5.51. The Balaban J connectivity index is 1.55. The Morgan fingerprint density at radius 3 is 2.79 bits per heavy atom. The van der Waals surface area contributed by atoms with Gasteiger partial charge in [-0.05, 0) is 31.1 Å². The molecule has 0 radical (unpaired) electrons. The largest absolute Gasteiger partial charge is 0.508 e. The molecule has 2 aliphatic rings. The Kier molecular flexibility index (Phi) is 6.75. The van der Waals surface area contributed by atoms with E-state index in [1.807, 2.05) is 0 Å². The maximum absolute atomic E-state index is 14.5. The highest BCUT2D eigenvalue weighted by molar-refractivity contribution is 6.05. The van der Waals surface area contributed by atoms with Crippen molar-refractivity contribution in [1.29, 1.82) is 0 Å². The van der Waals surface area contributed by atoms with Gasteiger partial charge in [0, 0.05) is 36.2 Å². The number of phenolic OH excluding ortho intramolecular Hbond substituents is 1. The molecule has 10 heteroatoms. The number of aromatic hydroxyl groups is 1. The van der Waals surface area contributed by atoms with Crippen LogP contribution < -0.4 is 10.6 Å². The fourth-order valence-corrected chi connectivity index (χ4v) is 3.58. The number of nitrogens with zero attached hydrogens (tertiary/aromatic N) is 1. The van der Waals surface area contributed by atoms with Crippen LogP contribution in [0.2, 0.25) is 0 Å². The van der Waals surface area contributed by atoms with Crippen LogP contribution in [0, 0.1) is 6.92 Å². The van der Waals surface area contributed by atoms with Crippen molar-refractivity contribution in [2.45, 2.75) is 31.7 Å². The van der Waals surface area contributed by atoms with E-state index in [4.69, 9.17) is 0 Å². The third-order valence-corrected chi connectivity index (χ3v) is 5.51. The molecular formula is C23H23F2N3O5. The molecule has 174 valence electrons. The zero-order valence-corrected chi connectivity index (χ0v) is 17.9. The van der Waals surface area contributed by atoms with E-state index < -0.39 is 35.2 Å². The van der Waals surface area contributed by atoms with Gasteiger partial charge in [0.25, 0.3) is 11.8 Å². The number of carbonyl (C=O) groups is 4. The van der Waals surface area contributed by atoms with Gasteiger partial charge in [-0.1, -0.05) is 30.9 Å². The molecule has 3 rings (SSSR count). The predicted molar refractivity (Wildman–Crippen MR) is 114 cm³/mol. The zero-order valence-electron chi connectivity index (χ0n) is 17.9. The highest BCUT2D eigenvalue weighted by Crippen LogP contribution is 2.34. The van der Waals surface area contributed by atoms with Gasteiger partial charge >= 0.3 is 5.92 Å². The minimum absolute atomic E-state index is 0.0939. The molecule has 33 heavy (non-hydrogen) atoms. The van der Waals surface area contributed by atoms with Gasteiger partial charge in [-0.15, -0.1) is 0 Å². The van der Waals surface area contributed by atoms with Crippen LogP contribution in [0.5, 0.6) is 5.75 Å². The second-order valence-electron chi connectivity index (χ2n) is 7.78. The normalized spacial score (nSPS) is 19.0. The first-order valence-corrected chi connectivity index (χ1v) is 10.2. The standard InChI is InChI=1S/C23H23F2N3O5/c1-13(12-26-22(33)23(24,25)16-4-3-5-18(29)14(16)2)6-7-15-10-11-28(21(15)32)17-8-9-19(30)27-20(17)31/h3-7,10,17,29H,1,8-9,11-12H2,2H3,(H,26,33)(H,27,30,31)/b7-6-. The zero-order chi connectivity index (χ0) is 24.3. The van der Waals surface area contributed by atoms with Crippen LogP contribution in [-0.4, -0.2) is 52.8 Å². The van der Waals surface area contributed by atoms with Gasteiger partial charge in [-0.2, -0.15) is 8.78 Å². The molecule has 1 atom stereocenters. The molecule has 2 aliphatic heterocycles. The summed E-state index contributed by atoms with van der Waals surface area (Å²) >= 11 is 0. The van der Waals surface area contributed by atoms with Gasteiger partial charge in [0.1, 0.15) is 11.8 Å². The summed E-state index contributed by atoms with van der Waals surface area (Å²) in [5.41, 5.74) is -0.146. The van der Waals surface area contributed by atoms with Crippen LogP contribution in [0.15, 0.2) is 54.2 Å². The van der Waals surface area contributed by atoms with Gasteiger partial charge in [0.15, 0.2) is 0 Å². The lowest BCUT2D eigenvalue weighted by Crippen LogP contribution is -2.53. The third kappa shape index (κ3) is 5.00. The van der Waals surface area contributed by atoms with Crippen molar-refractivity contribution >= 4 is 23.6 Å². The molecule has 2 heterocycles. The number of benzene rings is 1. The maximum atomic E-state index is 14.5. The minimum atomic E-state index is -3.86. The highest BCUT2D eigenvalue weighted by atomic mass is 19.3. The molecule has 8 nitrogen and oxygen atoms in total. The molecule has 0 aliphatic carbocycles. The minimum Gasteiger partial charge on any atom is -0.508 e. The number of amides is 4. The summed E-state index contributed by atoms with van der Waals surface area (Å²) in [6, 6.07) is 2.81. The van der Waals surface area contributed by atoms with Crippen LogP contribution in [0.25, 0.3) is 0 Å². The van der Waals surface area contributed by atoms with E-state index in [0.717, 1.165) is 6.07 Å². The van der Waals surface area contributed by atoms with Crippen molar-refractivity contribution < 1.29 is 33.1 Å². The molecule has 0 bridgehead atoms. The smallest absolute Gasteiger partial charge is 0.350 e. The number of carbonyl (C=O) groups excluding carboxylic acids is 4. The summed E-state index contributed by atoms with van der Waals surface area (Å²) in [4.78, 5) is 49.3. The number of piperidine rings is 1. The van der Waals surface area contributed by atoms with Crippen LogP contribution in [0.3, 0.4) is 0 Å². The van der Waals surface area contributed by atoms with Crippen LogP contribution in [0.1, 0.15) is 24.0 Å². The van der Waals surface area contributed by atoms with Crippen LogP contribution in [0.4, 0.5) is 8.78 Å². The SMILES string of the molecule is C=C(/C=C\C1=CCN(C2CCC(=O)NC2=O)C1=O)CNC(=O)C(F)(F)c1cccc(O)c1C. The fraction of sp³-hybridized carbons (Fsp3) is 0.304. The quantitative estimate of drug-likeness (QED) is 0.423. The van der Waals surface area contributed by atoms with Crippen LogP contribution in [-0.2, 0) is 25.1 Å². The van der Waals surface area contributed by atoms with Gasteiger partial charge < -0.3 is 15.3 Å². The monoisotopic (exact) mass is 459 g/mol. The Morgan fingerprint density at radius 1 is 1.36 bits per heavy atom. The summed E-state index contributed by atoms with van der Waals surface area (Å²) in [6.07, 6.45) is 4.84. The number of hydrogen-bond acceptors (Lipinski definition) is 5. The molecule has 0 saturated carbocycles. The Bertz CT molecular complexity index is 1090. The topological polar surface area (TPSA) is 116 Å². The number of nitrogens with one attached hydrogen (secondary N) is 2. The lowest BCUT2D eigenvalue weighted by molar-refractivity contribution is -0.146. The van der Waals surface area contributed by atoms with Crippen molar-refractivity contribution in [3.63, 3.8) is 0 Å². The fourth-order valence-electron chi connectivity index (χ4n) is 3.58. The number of phenols is 1. The Hall–Kier alpha value is -3.82. The molecule has 1 aromatic carbocycles. The first-order valence-electron chi connectivity index (χ1n) is 10.2. The second kappa shape index (κ2) is 9.35.